The van der Waals surface area contributed by atoms with Gasteiger partial charge in [-0.25, -0.2) is 19.6 Å². The quantitative estimate of drug-likeness (QED) is 0.144. The van der Waals surface area contributed by atoms with E-state index >= 15 is 0 Å². The third-order valence-corrected chi connectivity index (χ3v) is 13.0. The summed E-state index contributed by atoms with van der Waals surface area (Å²) in [4.78, 5) is 64.9. The summed E-state index contributed by atoms with van der Waals surface area (Å²) < 4.78 is 11.7. The van der Waals surface area contributed by atoms with E-state index in [1.165, 1.54) is 14.2 Å². The normalized spacial score (nSPS) is 18.1. The summed E-state index contributed by atoms with van der Waals surface area (Å²) in [6.45, 7) is 8.91. The van der Waals surface area contributed by atoms with E-state index in [0.29, 0.717) is 13.1 Å². The van der Waals surface area contributed by atoms with E-state index in [1.807, 2.05) is 49.6 Å². The molecule has 4 heterocycles. The topological polar surface area (TPSA) is 143 Å². The van der Waals surface area contributed by atoms with Crippen molar-refractivity contribution in [3.8, 4) is 22.3 Å². The van der Waals surface area contributed by atoms with Crippen LogP contribution in [0.5, 0.6) is 0 Å². The fourth-order valence-corrected chi connectivity index (χ4v) is 10.0. The number of likely N-dealkylation sites (tertiary alicyclic amines) is 2. The minimum Gasteiger partial charge on any atom is -0.453 e. The van der Waals surface area contributed by atoms with Gasteiger partial charge in [-0.3, -0.25) is 9.59 Å². The molecule has 4 atom stereocenters. The zero-order valence-corrected chi connectivity index (χ0v) is 34.2. The van der Waals surface area contributed by atoms with E-state index in [0.717, 1.165) is 78.4 Å². The number of hydrogen-bond donors (Lipinski definition) is 2. The van der Waals surface area contributed by atoms with Gasteiger partial charge in [-0.1, -0.05) is 64.1 Å². The van der Waals surface area contributed by atoms with Gasteiger partial charge < -0.3 is 29.9 Å². The molecule has 2 N–H and O–H groups in total. The van der Waals surface area contributed by atoms with Crippen LogP contribution in [0.25, 0.3) is 42.7 Å². The number of rotatable bonds is 10. The number of thiazole rings is 2. The maximum absolute atomic E-state index is 13.6. The Morgan fingerprint density at radius 1 is 0.625 bits per heavy atom. The lowest BCUT2D eigenvalue weighted by molar-refractivity contribution is -0.136. The lowest BCUT2D eigenvalue weighted by Gasteiger charge is -2.29. The van der Waals surface area contributed by atoms with Crippen LogP contribution in [0.15, 0.2) is 60.7 Å². The molecule has 2 fully saturated rings. The molecule has 4 amide bonds. The predicted molar refractivity (Wildman–Crippen MR) is 219 cm³/mol. The molecular formula is C42H48N6O6S2. The summed E-state index contributed by atoms with van der Waals surface area (Å²) in [5.74, 6) is -0.405. The van der Waals surface area contributed by atoms with Crippen molar-refractivity contribution < 1.29 is 28.7 Å². The molecule has 12 nitrogen and oxygen atoms in total. The van der Waals surface area contributed by atoms with Crippen LogP contribution in [0.3, 0.4) is 0 Å². The highest BCUT2D eigenvalue weighted by Gasteiger charge is 2.39. The van der Waals surface area contributed by atoms with E-state index in [2.05, 4.69) is 59.2 Å². The molecule has 0 aliphatic carbocycles. The number of alkyl carbamates (subject to hydrolysis) is 2. The largest absolute Gasteiger partial charge is 0.453 e. The van der Waals surface area contributed by atoms with Crippen LogP contribution in [-0.2, 0) is 19.1 Å². The van der Waals surface area contributed by atoms with Crippen molar-refractivity contribution in [2.24, 2.45) is 11.8 Å². The van der Waals surface area contributed by atoms with E-state index < -0.39 is 24.3 Å². The van der Waals surface area contributed by atoms with Crippen LogP contribution >= 0.6 is 22.7 Å². The number of benzene rings is 3. The minimum atomic E-state index is -0.671. The van der Waals surface area contributed by atoms with Crippen molar-refractivity contribution >= 4 is 67.1 Å². The SMILES string of the molecule is COC(=O)NC(C(=O)N1CCCC1c1nc2ccc(-c3ccc(-c4ccc5nc(C6CCCN6C(=O)C(NC(=O)OC)C(C)C)sc5c4)cc3)cc2s1)C(C)C. The number of hydrogen-bond acceptors (Lipinski definition) is 10. The highest BCUT2D eigenvalue weighted by Crippen LogP contribution is 2.40. The Kier molecular flexibility index (Phi) is 11.6. The number of fused-ring (bicyclic) bond motifs is 2. The second-order valence-corrected chi connectivity index (χ2v) is 17.3. The highest BCUT2D eigenvalue weighted by atomic mass is 32.1. The van der Waals surface area contributed by atoms with Crippen molar-refractivity contribution in [1.82, 2.24) is 30.4 Å². The monoisotopic (exact) mass is 796 g/mol. The van der Waals surface area contributed by atoms with Crippen molar-refractivity contribution in [2.75, 3.05) is 27.3 Å². The number of ether oxygens (including phenoxy) is 2. The molecule has 0 radical (unpaired) electrons. The molecule has 2 aliphatic rings. The molecule has 3 aromatic carbocycles. The number of nitrogens with one attached hydrogen (secondary N) is 2. The van der Waals surface area contributed by atoms with Gasteiger partial charge in [-0.05, 0) is 84.0 Å². The zero-order valence-electron chi connectivity index (χ0n) is 32.5. The third-order valence-electron chi connectivity index (χ3n) is 10.8. The van der Waals surface area contributed by atoms with Gasteiger partial charge in [0.05, 0.1) is 46.7 Å². The van der Waals surface area contributed by atoms with E-state index in [4.69, 9.17) is 19.4 Å². The zero-order chi connectivity index (χ0) is 39.7. The van der Waals surface area contributed by atoms with Crippen molar-refractivity contribution in [2.45, 2.75) is 77.5 Å². The maximum atomic E-state index is 13.6. The Morgan fingerprint density at radius 3 is 1.36 bits per heavy atom. The summed E-state index contributed by atoms with van der Waals surface area (Å²) in [5.41, 5.74) is 6.15. The summed E-state index contributed by atoms with van der Waals surface area (Å²) >= 11 is 3.23. The summed E-state index contributed by atoms with van der Waals surface area (Å²) in [5, 5.41) is 7.25. The van der Waals surface area contributed by atoms with Crippen LogP contribution in [0.2, 0.25) is 0 Å². The minimum absolute atomic E-state index is 0.0925. The fourth-order valence-electron chi connectivity index (χ4n) is 7.71. The molecule has 7 rings (SSSR count). The van der Waals surface area contributed by atoms with Crippen LogP contribution in [0.1, 0.15) is 75.5 Å². The smallest absolute Gasteiger partial charge is 0.407 e. The van der Waals surface area contributed by atoms with Gasteiger partial charge >= 0.3 is 12.2 Å². The number of amides is 4. The Labute approximate surface area is 334 Å². The molecule has 0 saturated carbocycles. The summed E-state index contributed by atoms with van der Waals surface area (Å²) in [6.07, 6.45) is 2.18. The Balaban J connectivity index is 1.06. The second-order valence-electron chi connectivity index (χ2n) is 15.1. The summed E-state index contributed by atoms with van der Waals surface area (Å²) in [6, 6.07) is 19.5. The van der Waals surface area contributed by atoms with Gasteiger partial charge in [0.15, 0.2) is 0 Å². The first-order valence-corrected chi connectivity index (χ1v) is 20.8. The Bertz CT molecular complexity index is 2090. The van der Waals surface area contributed by atoms with Crippen LogP contribution in [-0.4, -0.2) is 83.2 Å². The number of carbonyl (C=O) groups is 4. The molecule has 5 aromatic rings. The standard InChI is InChI=1S/C42H48N6O6S2/c1-23(2)35(45-41(51)53-5)39(49)47-19-7-9-31(47)37-43-29-17-15-27(21-33(29)55-37)25-11-13-26(14-12-25)28-16-18-30-34(22-28)56-38(44-30)32-10-8-20-48(32)40(50)36(24(3)4)46-42(52)54-6/h11-18,21-24,31-32,35-36H,7-10,19-20H2,1-6H3,(H,45,51)(H,46,52). The number of aromatic nitrogens is 2. The van der Waals surface area contributed by atoms with E-state index in [9.17, 15) is 19.2 Å². The van der Waals surface area contributed by atoms with Gasteiger partial charge in [-0.15, -0.1) is 22.7 Å². The molecule has 56 heavy (non-hydrogen) atoms. The average Bonchev–Trinajstić information content (AvgIpc) is 4.03. The Hall–Kier alpha value is -5.08. The summed E-state index contributed by atoms with van der Waals surface area (Å²) in [7, 11) is 2.60. The molecular weight excluding hydrogens is 749 g/mol. The first-order valence-electron chi connectivity index (χ1n) is 19.2. The van der Waals surface area contributed by atoms with Gasteiger partial charge in [0.1, 0.15) is 22.1 Å². The first-order chi connectivity index (χ1) is 26.9. The van der Waals surface area contributed by atoms with Gasteiger partial charge in [0.2, 0.25) is 11.8 Å². The van der Waals surface area contributed by atoms with Crippen LogP contribution in [0.4, 0.5) is 9.59 Å². The maximum Gasteiger partial charge on any atom is 0.407 e. The lowest BCUT2D eigenvalue weighted by atomic mass is 10.0. The van der Waals surface area contributed by atoms with Gasteiger partial charge in [-0.2, -0.15) is 0 Å². The van der Waals surface area contributed by atoms with E-state index in [1.54, 1.807) is 22.7 Å². The molecule has 0 bridgehead atoms. The molecule has 2 saturated heterocycles. The fraction of sp³-hybridized carbons (Fsp3) is 0.429. The van der Waals surface area contributed by atoms with E-state index in [-0.39, 0.29) is 35.7 Å². The number of carbonyl (C=O) groups excluding carboxylic acids is 4. The second kappa shape index (κ2) is 16.6. The van der Waals surface area contributed by atoms with Crippen molar-refractivity contribution in [1.29, 1.82) is 0 Å². The third kappa shape index (κ3) is 7.94. The highest BCUT2D eigenvalue weighted by molar-refractivity contribution is 7.19. The predicted octanol–water partition coefficient (Wildman–Crippen LogP) is 8.33. The van der Waals surface area contributed by atoms with Gasteiger partial charge in [0, 0.05) is 13.1 Å². The first kappa shape index (κ1) is 39.2. The molecule has 2 aromatic heterocycles. The molecule has 294 valence electrons. The van der Waals surface area contributed by atoms with Crippen LogP contribution in [0, 0.1) is 11.8 Å². The van der Waals surface area contributed by atoms with Crippen LogP contribution < -0.4 is 10.6 Å². The molecule has 4 unspecified atom stereocenters. The lowest BCUT2D eigenvalue weighted by Crippen LogP contribution is -2.51. The molecule has 2 aliphatic heterocycles. The Morgan fingerprint density at radius 2 is 1.00 bits per heavy atom. The number of nitrogens with zero attached hydrogens (tertiary/aromatic N) is 4. The molecule has 14 heteroatoms. The average molecular weight is 797 g/mol. The van der Waals surface area contributed by atoms with Gasteiger partial charge in [0.25, 0.3) is 0 Å². The van der Waals surface area contributed by atoms with Crippen molar-refractivity contribution in [3.05, 3.63) is 70.7 Å². The number of methoxy groups -OCH3 is 2. The molecule has 0 spiro atoms. The van der Waals surface area contributed by atoms with Crippen molar-refractivity contribution in [3.63, 3.8) is 0 Å².